The zero-order valence-electron chi connectivity index (χ0n) is 13.2. The van der Waals surface area contributed by atoms with E-state index in [2.05, 4.69) is 9.82 Å². The van der Waals surface area contributed by atoms with Crippen molar-refractivity contribution in [1.82, 2.24) is 9.78 Å². The number of hydrogen-bond donors (Lipinski definition) is 2. The van der Waals surface area contributed by atoms with Crippen molar-refractivity contribution in [2.75, 3.05) is 4.72 Å². The van der Waals surface area contributed by atoms with Crippen molar-refractivity contribution in [3.63, 3.8) is 0 Å². The van der Waals surface area contributed by atoms with Crippen LogP contribution < -0.4 is 4.72 Å². The Balaban J connectivity index is 2.04. The molecule has 7 nitrogen and oxygen atoms in total. The molecular formula is C17H15N3O4S. The zero-order chi connectivity index (χ0) is 18.0. The Bertz CT molecular complexity index is 1030. The first-order valence-corrected chi connectivity index (χ1v) is 8.82. The van der Waals surface area contributed by atoms with Crippen molar-refractivity contribution in [3.8, 4) is 5.69 Å². The molecule has 2 aromatic carbocycles. The fraction of sp³-hybridized carbons (Fsp3) is 0.0588. The summed E-state index contributed by atoms with van der Waals surface area (Å²) in [6.07, 6.45) is 3.29. The van der Waals surface area contributed by atoms with Crippen molar-refractivity contribution in [1.29, 1.82) is 0 Å². The zero-order valence-corrected chi connectivity index (χ0v) is 14.1. The Morgan fingerprint density at radius 2 is 1.92 bits per heavy atom. The van der Waals surface area contributed by atoms with E-state index < -0.39 is 16.0 Å². The number of para-hydroxylation sites is 2. The van der Waals surface area contributed by atoms with Gasteiger partial charge in [0, 0.05) is 12.4 Å². The van der Waals surface area contributed by atoms with Gasteiger partial charge in [-0.25, -0.2) is 17.9 Å². The molecular weight excluding hydrogens is 342 g/mol. The number of benzene rings is 2. The summed E-state index contributed by atoms with van der Waals surface area (Å²) in [5.41, 5.74) is 1.26. The summed E-state index contributed by atoms with van der Waals surface area (Å²) in [6.45, 7) is 1.61. The van der Waals surface area contributed by atoms with Gasteiger partial charge in [0.25, 0.3) is 10.0 Å². The van der Waals surface area contributed by atoms with Crippen LogP contribution in [0.3, 0.4) is 0 Å². The van der Waals surface area contributed by atoms with E-state index in [1.165, 1.54) is 12.1 Å². The lowest BCUT2D eigenvalue weighted by Gasteiger charge is -2.14. The number of nitrogens with one attached hydrogen (secondary N) is 1. The SMILES string of the molecule is Cc1ccc(C(=O)O)cc1S(=O)(=O)Nc1ccccc1-n1cccn1. The Morgan fingerprint density at radius 3 is 2.60 bits per heavy atom. The summed E-state index contributed by atoms with van der Waals surface area (Å²) in [4.78, 5) is 11.1. The van der Waals surface area contributed by atoms with Gasteiger partial charge >= 0.3 is 5.97 Å². The number of nitrogens with zero attached hydrogens (tertiary/aromatic N) is 2. The number of aromatic nitrogens is 2. The van der Waals surface area contributed by atoms with Crippen LogP contribution >= 0.6 is 0 Å². The molecule has 25 heavy (non-hydrogen) atoms. The van der Waals surface area contributed by atoms with Gasteiger partial charge in [-0.15, -0.1) is 0 Å². The molecule has 0 fully saturated rings. The maximum atomic E-state index is 12.8. The molecule has 0 radical (unpaired) electrons. The highest BCUT2D eigenvalue weighted by Gasteiger charge is 2.20. The number of carboxylic acid groups (broad SMARTS) is 1. The molecule has 0 atom stereocenters. The first kappa shape index (κ1) is 16.7. The van der Waals surface area contributed by atoms with Gasteiger partial charge in [0.1, 0.15) is 0 Å². The van der Waals surface area contributed by atoms with Gasteiger partial charge in [0.15, 0.2) is 0 Å². The molecule has 0 amide bonds. The van der Waals surface area contributed by atoms with E-state index in [1.807, 2.05) is 0 Å². The Morgan fingerprint density at radius 1 is 1.16 bits per heavy atom. The van der Waals surface area contributed by atoms with Gasteiger partial charge in [0.2, 0.25) is 0 Å². The summed E-state index contributed by atoms with van der Waals surface area (Å²) < 4.78 is 29.6. The molecule has 1 aromatic heterocycles. The molecule has 0 saturated carbocycles. The van der Waals surface area contributed by atoms with Crippen LogP contribution in [0.1, 0.15) is 15.9 Å². The van der Waals surface area contributed by atoms with Crippen molar-refractivity contribution >= 4 is 21.7 Å². The topological polar surface area (TPSA) is 101 Å². The fourth-order valence-electron chi connectivity index (χ4n) is 2.39. The van der Waals surface area contributed by atoms with E-state index in [0.29, 0.717) is 16.9 Å². The number of anilines is 1. The predicted molar refractivity (Wildman–Crippen MR) is 92.5 cm³/mol. The largest absolute Gasteiger partial charge is 0.478 e. The molecule has 0 bridgehead atoms. The van der Waals surface area contributed by atoms with Crippen LogP contribution in [0.15, 0.2) is 65.8 Å². The molecule has 2 N–H and O–H groups in total. The first-order chi connectivity index (χ1) is 11.9. The van der Waals surface area contributed by atoms with E-state index in [0.717, 1.165) is 6.07 Å². The maximum absolute atomic E-state index is 12.8. The number of rotatable bonds is 5. The lowest BCUT2D eigenvalue weighted by Crippen LogP contribution is -2.16. The lowest BCUT2D eigenvalue weighted by molar-refractivity contribution is 0.0696. The second-order valence-corrected chi connectivity index (χ2v) is 7.01. The van der Waals surface area contributed by atoms with E-state index in [-0.39, 0.29) is 10.5 Å². The average molecular weight is 357 g/mol. The summed E-state index contributed by atoms with van der Waals surface area (Å²) in [5.74, 6) is -1.19. The average Bonchev–Trinajstić information content (AvgIpc) is 3.09. The second-order valence-electron chi connectivity index (χ2n) is 5.36. The molecule has 0 aliphatic carbocycles. The fourth-order valence-corrected chi connectivity index (χ4v) is 3.74. The van der Waals surface area contributed by atoms with E-state index in [4.69, 9.17) is 5.11 Å². The third-order valence-corrected chi connectivity index (χ3v) is 5.13. The molecule has 0 aliphatic heterocycles. The third kappa shape index (κ3) is 3.38. The molecule has 1 heterocycles. The predicted octanol–water partition coefficient (Wildman–Crippen LogP) is 2.68. The van der Waals surface area contributed by atoms with E-state index >= 15 is 0 Å². The molecule has 8 heteroatoms. The third-order valence-electron chi connectivity index (χ3n) is 3.62. The summed E-state index contributed by atoms with van der Waals surface area (Å²) in [5, 5.41) is 13.2. The van der Waals surface area contributed by atoms with Crippen molar-refractivity contribution in [2.45, 2.75) is 11.8 Å². The van der Waals surface area contributed by atoms with Crippen molar-refractivity contribution < 1.29 is 18.3 Å². The van der Waals surface area contributed by atoms with E-state index in [9.17, 15) is 13.2 Å². The van der Waals surface area contributed by atoms with Crippen LogP contribution in [-0.4, -0.2) is 29.3 Å². The van der Waals surface area contributed by atoms with Crippen LogP contribution in [-0.2, 0) is 10.0 Å². The standard InChI is InChI=1S/C17H15N3O4S/c1-12-7-8-13(17(21)22)11-16(12)25(23,24)19-14-5-2-3-6-15(14)20-10-4-9-18-20/h2-11,19H,1H3,(H,21,22). The monoisotopic (exact) mass is 357 g/mol. The Hall–Kier alpha value is -3.13. The van der Waals surface area contributed by atoms with Crippen LogP contribution in [0, 0.1) is 6.92 Å². The van der Waals surface area contributed by atoms with Crippen molar-refractivity contribution in [2.24, 2.45) is 0 Å². The summed E-state index contributed by atoms with van der Waals surface area (Å²) in [6, 6.07) is 12.5. The lowest BCUT2D eigenvalue weighted by atomic mass is 10.1. The van der Waals surface area contributed by atoms with Gasteiger partial charge in [-0.05, 0) is 42.8 Å². The highest BCUT2D eigenvalue weighted by atomic mass is 32.2. The first-order valence-electron chi connectivity index (χ1n) is 7.34. The van der Waals surface area contributed by atoms with Crippen LogP contribution in [0.2, 0.25) is 0 Å². The molecule has 3 aromatic rings. The highest BCUT2D eigenvalue weighted by molar-refractivity contribution is 7.92. The van der Waals surface area contributed by atoms with Gasteiger partial charge in [-0.1, -0.05) is 18.2 Å². The quantitative estimate of drug-likeness (QED) is 0.731. The van der Waals surface area contributed by atoms with Crippen LogP contribution in [0.5, 0.6) is 0 Å². The molecule has 128 valence electrons. The second kappa shape index (κ2) is 6.40. The smallest absolute Gasteiger partial charge is 0.335 e. The van der Waals surface area contributed by atoms with Gasteiger partial charge in [0.05, 0.1) is 21.8 Å². The normalized spacial score (nSPS) is 11.2. The van der Waals surface area contributed by atoms with Gasteiger partial charge in [-0.2, -0.15) is 5.10 Å². The Kier molecular flexibility index (Phi) is 4.28. The molecule has 0 saturated heterocycles. The minimum Gasteiger partial charge on any atom is -0.478 e. The minimum absolute atomic E-state index is 0.0809. The molecule has 3 rings (SSSR count). The number of carbonyl (C=O) groups is 1. The van der Waals surface area contributed by atoms with Gasteiger partial charge in [-0.3, -0.25) is 4.72 Å². The maximum Gasteiger partial charge on any atom is 0.335 e. The number of carboxylic acids is 1. The number of hydrogen-bond acceptors (Lipinski definition) is 4. The van der Waals surface area contributed by atoms with Crippen LogP contribution in [0.4, 0.5) is 5.69 Å². The summed E-state index contributed by atoms with van der Waals surface area (Å²) in [7, 11) is -3.97. The van der Waals surface area contributed by atoms with Gasteiger partial charge < -0.3 is 5.11 Å². The van der Waals surface area contributed by atoms with Crippen molar-refractivity contribution in [3.05, 3.63) is 72.1 Å². The number of aryl methyl sites for hydroxylation is 1. The molecule has 0 unspecified atom stereocenters. The summed E-state index contributed by atoms with van der Waals surface area (Å²) >= 11 is 0. The molecule has 0 spiro atoms. The van der Waals surface area contributed by atoms with Crippen LogP contribution in [0.25, 0.3) is 5.69 Å². The number of aromatic carboxylic acids is 1. The Labute approximate surface area is 144 Å². The minimum atomic E-state index is -3.97. The number of sulfonamides is 1. The van der Waals surface area contributed by atoms with E-state index in [1.54, 1.807) is 54.3 Å². The highest BCUT2D eigenvalue weighted by Crippen LogP contribution is 2.25. The molecule has 0 aliphatic rings.